The van der Waals surface area contributed by atoms with Crippen LogP contribution < -0.4 is 31.1 Å². The van der Waals surface area contributed by atoms with Crippen LogP contribution in [-0.4, -0.2) is 138 Å². The molecule has 2 amide bonds. The van der Waals surface area contributed by atoms with Gasteiger partial charge in [-0.2, -0.15) is 0 Å². The van der Waals surface area contributed by atoms with Gasteiger partial charge in [-0.25, -0.2) is 0 Å². The lowest BCUT2D eigenvalue weighted by molar-refractivity contribution is 0.0661. The normalized spacial score (nSPS) is 16.4. The van der Waals surface area contributed by atoms with Crippen molar-refractivity contribution >= 4 is 34.8 Å². The van der Waals surface area contributed by atoms with Crippen molar-refractivity contribution in [2.24, 2.45) is 0 Å². The Morgan fingerprint density at radius 3 is 1.10 bits per heavy atom. The van der Waals surface area contributed by atoms with Crippen molar-refractivity contribution in [3.63, 3.8) is 0 Å². The van der Waals surface area contributed by atoms with E-state index >= 15 is 0 Å². The summed E-state index contributed by atoms with van der Waals surface area (Å²) in [6, 6.07) is 30.8. The molecule has 6 rings (SSSR count). The summed E-state index contributed by atoms with van der Waals surface area (Å²) >= 11 is 0. The molecule has 0 bridgehead atoms. The van der Waals surface area contributed by atoms with Gasteiger partial charge in [0.15, 0.2) is 11.6 Å². The molecule has 0 spiro atoms. The molecule has 12 heteroatoms. The molecule has 4 aromatic rings. The topological polar surface area (TPSA) is 129 Å². The zero-order valence-electron chi connectivity index (χ0n) is 37.6. The molecule has 12 nitrogen and oxygen atoms in total. The van der Waals surface area contributed by atoms with Gasteiger partial charge in [0.05, 0.1) is 11.1 Å². The van der Waals surface area contributed by atoms with Crippen molar-refractivity contribution < 1.29 is 19.2 Å². The third kappa shape index (κ3) is 10.6. The molecule has 2 saturated heterocycles. The number of hydrogen-bond donors (Lipinski definition) is 4. The summed E-state index contributed by atoms with van der Waals surface area (Å²) in [4.78, 5) is 63.1. The van der Waals surface area contributed by atoms with E-state index in [4.69, 9.17) is 0 Å². The number of nitrogens with zero attached hydrogens (tertiary/aromatic N) is 4. The number of likely N-dealkylation sites (N-methyl/N-ethyl adjacent to an activating group) is 2. The van der Waals surface area contributed by atoms with Crippen molar-refractivity contribution in [1.82, 2.24) is 31.1 Å². The smallest absolute Gasteiger partial charge is 0.251 e. The predicted molar refractivity (Wildman–Crippen MR) is 250 cm³/mol. The largest absolute Gasteiger partial charge is 0.369 e. The molecule has 0 saturated carbocycles. The third-order valence-electron chi connectivity index (χ3n) is 13.1. The molecule has 0 radical (unpaired) electrons. The second-order valence-corrected chi connectivity index (χ2v) is 17.0. The Labute approximate surface area is 368 Å². The molecule has 2 atom stereocenters. The van der Waals surface area contributed by atoms with E-state index in [9.17, 15) is 19.2 Å². The molecule has 4 aromatic carbocycles. The maximum Gasteiger partial charge on any atom is 0.251 e. The highest BCUT2D eigenvalue weighted by Gasteiger charge is 2.41. The van der Waals surface area contributed by atoms with Crippen LogP contribution in [0.2, 0.25) is 0 Å². The molecule has 2 aliphatic heterocycles. The molecule has 2 aliphatic rings. The fourth-order valence-corrected chi connectivity index (χ4v) is 8.90. The van der Waals surface area contributed by atoms with Gasteiger partial charge in [0.1, 0.15) is 0 Å². The van der Waals surface area contributed by atoms with Crippen LogP contribution >= 0.6 is 0 Å². The van der Waals surface area contributed by atoms with Gasteiger partial charge in [0.2, 0.25) is 0 Å². The van der Waals surface area contributed by atoms with Crippen LogP contribution in [0.1, 0.15) is 79.2 Å². The van der Waals surface area contributed by atoms with Crippen molar-refractivity contribution in [3.8, 4) is 0 Å². The lowest BCUT2D eigenvalue weighted by atomic mass is 9.80. The first-order valence-corrected chi connectivity index (χ1v) is 22.2. The Hall–Kier alpha value is -5.40. The van der Waals surface area contributed by atoms with Crippen LogP contribution in [0.15, 0.2) is 97.1 Å². The van der Waals surface area contributed by atoms with Gasteiger partial charge in [-0.05, 0) is 138 Å². The van der Waals surface area contributed by atoms with Gasteiger partial charge in [-0.3, -0.25) is 29.0 Å². The van der Waals surface area contributed by atoms with Gasteiger partial charge in [0.25, 0.3) is 11.8 Å². The van der Waals surface area contributed by atoms with Crippen LogP contribution in [-0.2, 0) is 12.8 Å². The highest BCUT2D eigenvalue weighted by Crippen LogP contribution is 2.31. The number of ketones is 2. The summed E-state index contributed by atoms with van der Waals surface area (Å²) < 4.78 is 0. The second-order valence-electron chi connectivity index (χ2n) is 17.0. The number of Topliss-reactive ketones (excluding diaryl/α,β-unsaturated/α-hetero) is 2. The molecular formula is C50H66N8O4. The number of nitrogens with one attached hydrogen (secondary N) is 4. The predicted octanol–water partition coefficient (Wildman–Crippen LogP) is 4.94. The summed E-state index contributed by atoms with van der Waals surface area (Å²) in [6.07, 6.45) is 2.26. The average Bonchev–Trinajstić information content (AvgIpc) is 3.31. The van der Waals surface area contributed by atoms with E-state index in [1.54, 1.807) is 24.3 Å². The molecule has 62 heavy (non-hydrogen) atoms. The zero-order chi connectivity index (χ0) is 44.3. The molecular weight excluding hydrogens is 777 g/mol. The van der Waals surface area contributed by atoms with Gasteiger partial charge >= 0.3 is 0 Å². The zero-order valence-corrected chi connectivity index (χ0v) is 37.6. The lowest BCUT2D eigenvalue weighted by Gasteiger charge is -2.38. The Morgan fingerprint density at radius 1 is 0.500 bits per heavy atom. The minimum atomic E-state index is -0.747. The first kappa shape index (κ1) is 46.1. The highest BCUT2D eigenvalue weighted by molar-refractivity contribution is 6.04. The summed E-state index contributed by atoms with van der Waals surface area (Å²) in [5.74, 6) is -0.324. The van der Waals surface area contributed by atoms with E-state index in [1.807, 2.05) is 125 Å². The summed E-state index contributed by atoms with van der Waals surface area (Å²) in [5, 5.41) is 12.6. The number of amides is 2. The third-order valence-corrected chi connectivity index (χ3v) is 13.1. The number of rotatable bonds is 19. The Kier molecular flexibility index (Phi) is 15.7. The maximum absolute atomic E-state index is 14.1. The molecule has 2 unspecified atom stereocenters. The van der Waals surface area contributed by atoms with E-state index in [1.165, 1.54) is 0 Å². The lowest BCUT2D eigenvalue weighted by Crippen LogP contribution is -2.52. The minimum absolute atomic E-state index is 0.0785. The second kappa shape index (κ2) is 21.1. The molecule has 0 aromatic heterocycles. The Balaban J connectivity index is 0.989. The number of piperazine rings is 2. The average molecular weight is 843 g/mol. The van der Waals surface area contributed by atoms with Crippen LogP contribution in [0.4, 0.5) is 11.4 Å². The SMILES string of the molecule is CCC(Cc1ccc(C(=O)NCCNC(=O)c2ccc(CC(CC)(C(=O)c3ccc(N4CCNCC4)cc3)N(C)C)cc2)cc1)(C(=O)c1ccc(N2CCNCC2)cc1)N(C)C. The van der Waals surface area contributed by atoms with Crippen molar-refractivity contribution in [2.75, 3.05) is 103 Å². The molecule has 2 heterocycles. The quantitative estimate of drug-likeness (QED) is 0.0762. The summed E-state index contributed by atoms with van der Waals surface area (Å²) in [6.45, 7) is 12.2. The minimum Gasteiger partial charge on any atom is -0.369 e. The number of benzene rings is 4. The summed E-state index contributed by atoms with van der Waals surface area (Å²) in [5.41, 5.74) is 5.08. The van der Waals surface area contributed by atoms with Crippen LogP contribution in [0.25, 0.3) is 0 Å². The fraction of sp³-hybridized carbons (Fsp3) is 0.440. The van der Waals surface area contributed by atoms with E-state index in [2.05, 4.69) is 31.1 Å². The molecule has 330 valence electrons. The maximum atomic E-state index is 14.1. The molecule has 0 aliphatic carbocycles. The van der Waals surface area contributed by atoms with E-state index in [-0.39, 0.29) is 36.5 Å². The Bertz CT molecular complexity index is 1960. The van der Waals surface area contributed by atoms with E-state index < -0.39 is 11.1 Å². The Morgan fingerprint density at radius 2 is 0.806 bits per heavy atom. The van der Waals surface area contributed by atoms with Crippen LogP contribution in [0.3, 0.4) is 0 Å². The van der Waals surface area contributed by atoms with Crippen molar-refractivity contribution in [1.29, 1.82) is 0 Å². The number of hydrogen-bond acceptors (Lipinski definition) is 10. The van der Waals surface area contributed by atoms with Crippen molar-refractivity contribution in [3.05, 3.63) is 130 Å². The van der Waals surface area contributed by atoms with E-state index in [0.717, 1.165) is 74.9 Å². The highest BCUT2D eigenvalue weighted by atomic mass is 16.2. The first-order valence-electron chi connectivity index (χ1n) is 22.2. The van der Waals surface area contributed by atoms with E-state index in [0.29, 0.717) is 47.9 Å². The van der Waals surface area contributed by atoms with Gasteiger partial charge in [0, 0.05) is 99.1 Å². The fourth-order valence-electron chi connectivity index (χ4n) is 8.90. The number of carbonyl (C=O) groups is 4. The van der Waals surface area contributed by atoms with Crippen LogP contribution in [0.5, 0.6) is 0 Å². The van der Waals surface area contributed by atoms with Gasteiger partial charge in [-0.15, -0.1) is 0 Å². The van der Waals surface area contributed by atoms with Gasteiger partial charge in [-0.1, -0.05) is 38.1 Å². The van der Waals surface area contributed by atoms with Crippen LogP contribution in [0, 0.1) is 0 Å². The monoisotopic (exact) mass is 843 g/mol. The standard InChI is InChI=1S/C50H66N8O4/c1-7-49(55(3)4,45(59)39-17-21-43(22-18-39)57-31-27-51-28-32-57)35-37-9-13-41(14-10-37)47(61)53-25-26-54-48(62)42-15-11-38(12-16-42)36-50(8-2,56(5)6)46(60)40-19-23-44(24-20-40)58-33-29-52-30-34-58/h9-24,51-52H,7-8,25-36H2,1-6H3,(H,53,61)(H,54,62). The number of carbonyl (C=O) groups excluding carboxylic acids is 4. The summed E-state index contributed by atoms with van der Waals surface area (Å²) in [7, 11) is 7.81. The van der Waals surface area contributed by atoms with Crippen molar-refractivity contribution in [2.45, 2.75) is 50.6 Å². The first-order chi connectivity index (χ1) is 29.9. The molecule has 4 N–H and O–H groups in total. The number of anilines is 2. The van der Waals surface area contributed by atoms with Gasteiger partial charge < -0.3 is 31.1 Å². The molecule has 2 fully saturated rings.